The molecule has 1 aromatic carbocycles. The van der Waals surface area contributed by atoms with Crippen molar-refractivity contribution in [2.75, 3.05) is 0 Å². The fourth-order valence-corrected chi connectivity index (χ4v) is 1.98. The van der Waals surface area contributed by atoms with Crippen LogP contribution in [-0.2, 0) is 0 Å². The van der Waals surface area contributed by atoms with E-state index in [-0.39, 0.29) is 11.5 Å². The summed E-state index contributed by atoms with van der Waals surface area (Å²) in [6, 6.07) is 12.4. The highest BCUT2D eigenvalue weighted by Gasteiger charge is 2.03. The number of para-hydroxylation sites is 1. The van der Waals surface area contributed by atoms with Gasteiger partial charge in [0.15, 0.2) is 0 Å². The summed E-state index contributed by atoms with van der Waals surface area (Å²) in [4.78, 5) is 30.3. The number of carbonyl (C=O) groups is 1. The van der Waals surface area contributed by atoms with Crippen molar-refractivity contribution in [2.24, 2.45) is 5.10 Å². The number of hydrazone groups is 1. The normalized spacial score (nSPS) is 10.9. The van der Waals surface area contributed by atoms with E-state index in [4.69, 9.17) is 0 Å². The Morgan fingerprint density at radius 3 is 2.91 bits per heavy atom. The lowest BCUT2D eigenvalue weighted by atomic mass is 10.2. The lowest BCUT2D eigenvalue weighted by Gasteiger charge is -2.00. The van der Waals surface area contributed by atoms with Gasteiger partial charge in [-0.05, 0) is 29.7 Å². The largest absolute Gasteiger partial charge is 0.321 e. The van der Waals surface area contributed by atoms with Crippen molar-refractivity contribution < 1.29 is 4.79 Å². The van der Waals surface area contributed by atoms with Gasteiger partial charge in [-0.25, -0.2) is 5.43 Å². The zero-order chi connectivity index (χ0) is 15.4. The van der Waals surface area contributed by atoms with Gasteiger partial charge in [-0.1, -0.05) is 18.2 Å². The third-order valence-corrected chi connectivity index (χ3v) is 3.08. The van der Waals surface area contributed by atoms with Gasteiger partial charge in [-0.15, -0.1) is 0 Å². The van der Waals surface area contributed by atoms with Crippen LogP contribution in [0, 0.1) is 0 Å². The summed E-state index contributed by atoms with van der Waals surface area (Å²) in [5, 5.41) is 4.70. The molecule has 6 heteroatoms. The van der Waals surface area contributed by atoms with Crippen LogP contribution < -0.4 is 11.0 Å². The van der Waals surface area contributed by atoms with Gasteiger partial charge in [-0.3, -0.25) is 14.6 Å². The smallest absolute Gasteiger partial charge is 0.272 e. The summed E-state index contributed by atoms with van der Waals surface area (Å²) in [6.07, 6.45) is 4.34. The second-order valence-electron chi connectivity index (χ2n) is 4.58. The van der Waals surface area contributed by atoms with Crippen molar-refractivity contribution in [2.45, 2.75) is 0 Å². The molecule has 2 aromatic heterocycles. The Kier molecular flexibility index (Phi) is 3.74. The first-order chi connectivity index (χ1) is 10.7. The predicted octanol–water partition coefficient (Wildman–Crippen LogP) is 1.69. The number of hydrogen-bond donors (Lipinski definition) is 2. The summed E-state index contributed by atoms with van der Waals surface area (Å²) >= 11 is 0. The number of nitrogens with zero attached hydrogens (tertiary/aromatic N) is 2. The van der Waals surface area contributed by atoms with Crippen LogP contribution >= 0.6 is 0 Å². The first kappa shape index (κ1) is 13.7. The van der Waals surface area contributed by atoms with Gasteiger partial charge in [0.25, 0.3) is 11.5 Å². The average molecular weight is 292 g/mol. The summed E-state index contributed by atoms with van der Waals surface area (Å²) in [7, 11) is 0. The van der Waals surface area contributed by atoms with E-state index in [0.717, 1.165) is 10.9 Å². The molecule has 3 aromatic rings. The first-order valence-electron chi connectivity index (χ1n) is 6.59. The molecule has 0 fully saturated rings. The van der Waals surface area contributed by atoms with Crippen LogP contribution in [0.3, 0.4) is 0 Å². The molecule has 108 valence electrons. The predicted molar refractivity (Wildman–Crippen MR) is 83.9 cm³/mol. The number of nitrogens with one attached hydrogen (secondary N) is 2. The van der Waals surface area contributed by atoms with E-state index < -0.39 is 0 Å². The molecule has 0 atom stereocenters. The third-order valence-electron chi connectivity index (χ3n) is 3.08. The lowest BCUT2D eigenvalue weighted by molar-refractivity contribution is 0.0955. The summed E-state index contributed by atoms with van der Waals surface area (Å²) in [5.74, 6) is -0.387. The van der Waals surface area contributed by atoms with E-state index in [2.05, 4.69) is 20.5 Å². The third kappa shape index (κ3) is 2.90. The molecule has 0 saturated heterocycles. The highest BCUT2D eigenvalue weighted by molar-refractivity contribution is 5.94. The van der Waals surface area contributed by atoms with Gasteiger partial charge in [0, 0.05) is 17.9 Å². The van der Waals surface area contributed by atoms with E-state index in [1.54, 1.807) is 24.4 Å². The maximum Gasteiger partial charge on any atom is 0.272 e. The summed E-state index contributed by atoms with van der Waals surface area (Å²) < 4.78 is 0. The molecule has 22 heavy (non-hydrogen) atoms. The fourth-order valence-electron chi connectivity index (χ4n) is 1.98. The lowest BCUT2D eigenvalue weighted by Crippen LogP contribution is -2.19. The number of rotatable bonds is 3. The minimum absolute atomic E-state index is 0.266. The molecular weight excluding hydrogens is 280 g/mol. The molecule has 0 spiro atoms. The molecular formula is C16H12N4O2. The standard InChI is InChI=1S/C16H12N4O2/c21-15-13(8-11-4-1-2-6-14(11)19-15)10-18-20-16(22)12-5-3-7-17-9-12/h1-10H,(H,19,21)(H,20,22)/b18-10+. The Labute approximate surface area is 125 Å². The van der Waals surface area contributed by atoms with Crippen LogP contribution in [0.25, 0.3) is 10.9 Å². The molecule has 0 bridgehead atoms. The van der Waals surface area contributed by atoms with Crippen LogP contribution in [0.4, 0.5) is 0 Å². The van der Waals surface area contributed by atoms with Crippen molar-refractivity contribution >= 4 is 23.0 Å². The molecule has 0 radical (unpaired) electrons. The Morgan fingerprint density at radius 1 is 1.23 bits per heavy atom. The average Bonchev–Trinajstić information content (AvgIpc) is 2.56. The van der Waals surface area contributed by atoms with Gasteiger partial charge in [0.2, 0.25) is 0 Å². The van der Waals surface area contributed by atoms with E-state index >= 15 is 0 Å². The SMILES string of the molecule is O=C(N/N=C/c1cc2ccccc2[nH]c1=O)c1cccnc1. The molecule has 6 nitrogen and oxygen atoms in total. The minimum Gasteiger partial charge on any atom is -0.321 e. The zero-order valence-electron chi connectivity index (χ0n) is 11.5. The monoisotopic (exact) mass is 292 g/mol. The van der Waals surface area contributed by atoms with Gasteiger partial charge >= 0.3 is 0 Å². The molecule has 0 unspecified atom stereocenters. The number of aromatic nitrogens is 2. The molecule has 2 heterocycles. The number of hydrogen-bond acceptors (Lipinski definition) is 4. The fraction of sp³-hybridized carbons (Fsp3) is 0. The van der Waals surface area contributed by atoms with Crippen molar-refractivity contribution in [1.29, 1.82) is 0 Å². The summed E-state index contributed by atoms with van der Waals surface area (Å²) in [5.41, 5.74) is 3.61. The van der Waals surface area contributed by atoms with Crippen molar-refractivity contribution in [3.8, 4) is 0 Å². The molecule has 3 rings (SSSR count). The number of fused-ring (bicyclic) bond motifs is 1. The topological polar surface area (TPSA) is 87.2 Å². The number of amides is 1. The van der Waals surface area contributed by atoms with Gasteiger partial charge in [0.05, 0.1) is 17.3 Å². The molecule has 2 N–H and O–H groups in total. The van der Waals surface area contributed by atoms with Gasteiger partial charge in [0.1, 0.15) is 0 Å². The number of aromatic amines is 1. The number of carbonyl (C=O) groups excluding carboxylic acids is 1. The molecule has 0 aliphatic rings. The highest BCUT2D eigenvalue weighted by atomic mass is 16.2. The minimum atomic E-state index is -0.387. The number of H-pyrrole nitrogens is 1. The molecule has 0 aliphatic heterocycles. The zero-order valence-corrected chi connectivity index (χ0v) is 11.5. The van der Waals surface area contributed by atoms with Crippen LogP contribution in [0.2, 0.25) is 0 Å². The Hall–Kier alpha value is -3.28. The number of benzene rings is 1. The van der Waals surface area contributed by atoms with E-state index in [1.165, 1.54) is 12.4 Å². The van der Waals surface area contributed by atoms with Crippen LogP contribution in [0.1, 0.15) is 15.9 Å². The Bertz CT molecular complexity index is 901. The molecule has 0 aliphatic carbocycles. The van der Waals surface area contributed by atoms with Crippen molar-refractivity contribution in [3.63, 3.8) is 0 Å². The van der Waals surface area contributed by atoms with E-state index in [1.807, 2.05) is 24.3 Å². The van der Waals surface area contributed by atoms with E-state index in [9.17, 15) is 9.59 Å². The first-order valence-corrected chi connectivity index (χ1v) is 6.59. The van der Waals surface area contributed by atoms with Crippen LogP contribution in [0.15, 0.2) is 64.8 Å². The second-order valence-corrected chi connectivity index (χ2v) is 4.58. The van der Waals surface area contributed by atoms with E-state index in [0.29, 0.717) is 11.1 Å². The van der Waals surface area contributed by atoms with Gasteiger partial charge in [-0.2, -0.15) is 5.10 Å². The Balaban J connectivity index is 1.80. The quantitative estimate of drug-likeness (QED) is 0.569. The summed E-state index contributed by atoms with van der Waals surface area (Å²) in [6.45, 7) is 0. The maximum absolute atomic E-state index is 11.9. The maximum atomic E-state index is 11.9. The van der Waals surface area contributed by atoms with Crippen molar-refractivity contribution in [1.82, 2.24) is 15.4 Å². The molecule has 1 amide bonds. The van der Waals surface area contributed by atoms with Gasteiger partial charge < -0.3 is 4.98 Å². The van der Waals surface area contributed by atoms with Crippen LogP contribution in [-0.4, -0.2) is 22.1 Å². The van der Waals surface area contributed by atoms with Crippen LogP contribution in [0.5, 0.6) is 0 Å². The highest BCUT2D eigenvalue weighted by Crippen LogP contribution is 2.08. The second kappa shape index (κ2) is 6.01. The molecule has 0 saturated carbocycles. The number of pyridine rings is 2. The Morgan fingerprint density at radius 2 is 2.09 bits per heavy atom. The van der Waals surface area contributed by atoms with Crippen molar-refractivity contribution in [3.05, 3.63) is 76.3 Å².